The Bertz CT molecular complexity index is 633. The fraction of sp³-hybridized carbons (Fsp3) is 0.571. The van der Waals surface area contributed by atoms with Crippen LogP contribution in [0.3, 0.4) is 0 Å². The second-order valence-electron chi connectivity index (χ2n) is 5.52. The predicted molar refractivity (Wildman–Crippen MR) is 78.9 cm³/mol. The molecule has 0 N–H and O–H groups in total. The Morgan fingerprint density at radius 2 is 2.33 bits per heavy atom. The Morgan fingerprint density at radius 3 is 2.86 bits per heavy atom. The van der Waals surface area contributed by atoms with Gasteiger partial charge in [0.2, 0.25) is 0 Å². The monoisotopic (exact) mass is 312 g/mol. The molecule has 0 spiro atoms. The van der Waals surface area contributed by atoms with E-state index in [0.717, 1.165) is 0 Å². The van der Waals surface area contributed by atoms with Crippen LogP contribution in [0, 0.1) is 0 Å². The van der Waals surface area contributed by atoms with Crippen LogP contribution in [0.1, 0.15) is 42.4 Å². The number of rotatable bonds is 5. The number of sulfone groups is 1. The molecule has 2 heterocycles. The number of amides is 1. The summed E-state index contributed by atoms with van der Waals surface area (Å²) in [5.74, 6) is 0.379. The highest BCUT2D eigenvalue weighted by molar-refractivity contribution is 7.91. The summed E-state index contributed by atoms with van der Waals surface area (Å²) in [6.07, 6.45) is 3.30. The van der Waals surface area contributed by atoms with Gasteiger partial charge in [-0.2, -0.15) is 0 Å². The summed E-state index contributed by atoms with van der Waals surface area (Å²) in [6.45, 7) is 7.76. The summed E-state index contributed by atoms with van der Waals surface area (Å²) in [5, 5.41) is 0. The summed E-state index contributed by atoms with van der Waals surface area (Å²) in [4.78, 5) is 18.2. The zero-order valence-corrected chi connectivity index (χ0v) is 13.1. The number of carbonyl (C=O) groups is 1. The van der Waals surface area contributed by atoms with Crippen molar-refractivity contribution in [1.29, 1.82) is 0 Å². The van der Waals surface area contributed by atoms with Crippen molar-refractivity contribution in [3.8, 4) is 0 Å². The van der Waals surface area contributed by atoms with E-state index in [2.05, 4.69) is 11.6 Å². The van der Waals surface area contributed by atoms with E-state index < -0.39 is 9.84 Å². The average Bonchev–Trinajstić information content (AvgIpc) is 3.01. The topological polar surface area (TPSA) is 80.5 Å². The normalized spacial score (nSPS) is 20.6. The zero-order valence-electron chi connectivity index (χ0n) is 12.3. The van der Waals surface area contributed by atoms with Crippen molar-refractivity contribution in [2.45, 2.75) is 32.2 Å². The molecule has 0 radical (unpaired) electrons. The van der Waals surface area contributed by atoms with Gasteiger partial charge in [-0.15, -0.1) is 6.58 Å². The molecule has 1 aromatic heterocycles. The summed E-state index contributed by atoms with van der Waals surface area (Å²) >= 11 is 0. The first kappa shape index (κ1) is 15.8. The fourth-order valence-corrected chi connectivity index (χ4v) is 4.25. The van der Waals surface area contributed by atoms with Crippen molar-refractivity contribution < 1.29 is 17.6 Å². The third-order valence-corrected chi connectivity index (χ3v) is 5.31. The van der Waals surface area contributed by atoms with E-state index in [1.165, 1.54) is 11.3 Å². The van der Waals surface area contributed by atoms with E-state index >= 15 is 0 Å². The molecular formula is C14H20N2O4S. The molecule has 1 aromatic rings. The van der Waals surface area contributed by atoms with Crippen molar-refractivity contribution >= 4 is 15.7 Å². The maximum absolute atomic E-state index is 12.7. The lowest BCUT2D eigenvalue weighted by atomic mass is 10.1. The van der Waals surface area contributed by atoms with E-state index in [9.17, 15) is 13.2 Å². The number of carbonyl (C=O) groups excluding carboxylic acids is 1. The minimum absolute atomic E-state index is 0.00143. The second-order valence-corrected chi connectivity index (χ2v) is 7.75. The molecule has 1 unspecified atom stereocenters. The van der Waals surface area contributed by atoms with E-state index in [4.69, 9.17) is 4.42 Å². The van der Waals surface area contributed by atoms with E-state index in [1.54, 1.807) is 6.08 Å². The van der Waals surface area contributed by atoms with Crippen LogP contribution >= 0.6 is 0 Å². The SMILES string of the molecule is C=CCN(C(=O)c1ncoc1C(C)C)C1CCS(=O)(=O)C1. The van der Waals surface area contributed by atoms with Crippen LogP contribution in [0.25, 0.3) is 0 Å². The highest BCUT2D eigenvalue weighted by Crippen LogP contribution is 2.23. The van der Waals surface area contributed by atoms with Gasteiger partial charge in [-0.05, 0) is 6.42 Å². The first-order valence-electron chi connectivity index (χ1n) is 6.91. The molecule has 0 aromatic carbocycles. The number of hydrogen-bond acceptors (Lipinski definition) is 5. The van der Waals surface area contributed by atoms with Crippen LogP contribution in [-0.4, -0.2) is 48.3 Å². The van der Waals surface area contributed by atoms with Crippen molar-refractivity contribution in [3.63, 3.8) is 0 Å². The van der Waals surface area contributed by atoms with E-state index in [0.29, 0.717) is 18.7 Å². The molecule has 2 rings (SSSR count). The van der Waals surface area contributed by atoms with Crippen LogP contribution in [0.5, 0.6) is 0 Å². The molecule has 1 amide bonds. The van der Waals surface area contributed by atoms with E-state index in [1.807, 2.05) is 13.8 Å². The molecule has 0 aliphatic carbocycles. The van der Waals surface area contributed by atoms with Gasteiger partial charge in [0.15, 0.2) is 21.9 Å². The lowest BCUT2D eigenvalue weighted by molar-refractivity contribution is 0.0712. The van der Waals surface area contributed by atoms with Crippen LogP contribution in [0.2, 0.25) is 0 Å². The van der Waals surface area contributed by atoms with Gasteiger partial charge in [0.25, 0.3) is 5.91 Å². The van der Waals surface area contributed by atoms with Crippen molar-refractivity contribution in [1.82, 2.24) is 9.88 Å². The summed E-state index contributed by atoms with van der Waals surface area (Å²) < 4.78 is 28.5. The minimum Gasteiger partial charge on any atom is -0.447 e. The molecule has 1 fully saturated rings. The smallest absolute Gasteiger partial charge is 0.276 e. The van der Waals surface area contributed by atoms with Gasteiger partial charge in [-0.1, -0.05) is 19.9 Å². The summed E-state index contributed by atoms with van der Waals surface area (Å²) in [5.41, 5.74) is 0.260. The maximum Gasteiger partial charge on any atom is 0.276 e. The van der Waals surface area contributed by atoms with Gasteiger partial charge >= 0.3 is 0 Å². The van der Waals surface area contributed by atoms with Crippen molar-refractivity contribution in [3.05, 3.63) is 30.5 Å². The van der Waals surface area contributed by atoms with Crippen molar-refractivity contribution in [2.75, 3.05) is 18.1 Å². The molecule has 116 valence electrons. The molecule has 1 atom stereocenters. The number of oxazole rings is 1. The lowest BCUT2D eigenvalue weighted by Crippen LogP contribution is -2.41. The summed E-state index contributed by atoms with van der Waals surface area (Å²) in [6, 6.07) is -0.322. The van der Waals surface area contributed by atoms with Gasteiger partial charge in [-0.25, -0.2) is 13.4 Å². The number of nitrogens with zero attached hydrogens (tertiary/aromatic N) is 2. The van der Waals surface area contributed by atoms with Crippen LogP contribution in [-0.2, 0) is 9.84 Å². The van der Waals surface area contributed by atoms with Gasteiger partial charge in [0, 0.05) is 18.5 Å². The third-order valence-electron chi connectivity index (χ3n) is 3.56. The first-order chi connectivity index (χ1) is 9.85. The Labute approximate surface area is 124 Å². The van der Waals surface area contributed by atoms with E-state index in [-0.39, 0.29) is 35.1 Å². The molecule has 1 aliphatic heterocycles. The Hall–Kier alpha value is -1.63. The lowest BCUT2D eigenvalue weighted by Gasteiger charge is -2.26. The predicted octanol–water partition coefficient (Wildman–Crippen LogP) is 1.61. The largest absolute Gasteiger partial charge is 0.447 e. The Kier molecular flexibility index (Phi) is 4.51. The Balaban J connectivity index is 2.28. The van der Waals surface area contributed by atoms with Gasteiger partial charge < -0.3 is 9.32 Å². The molecule has 1 aliphatic rings. The highest BCUT2D eigenvalue weighted by atomic mass is 32.2. The molecule has 0 saturated carbocycles. The van der Waals surface area contributed by atoms with Crippen molar-refractivity contribution in [2.24, 2.45) is 0 Å². The quantitative estimate of drug-likeness (QED) is 0.772. The first-order valence-corrected chi connectivity index (χ1v) is 8.73. The van der Waals surface area contributed by atoms with Crippen LogP contribution in [0.4, 0.5) is 0 Å². The highest BCUT2D eigenvalue weighted by Gasteiger charge is 2.36. The second kappa shape index (κ2) is 6.01. The molecule has 7 heteroatoms. The number of hydrogen-bond donors (Lipinski definition) is 0. The van der Waals surface area contributed by atoms with Crippen LogP contribution < -0.4 is 0 Å². The van der Waals surface area contributed by atoms with Gasteiger partial charge in [-0.3, -0.25) is 4.79 Å². The maximum atomic E-state index is 12.7. The minimum atomic E-state index is -3.06. The molecule has 1 saturated heterocycles. The average molecular weight is 312 g/mol. The molecule has 0 bridgehead atoms. The Morgan fingerprint density at radius 1 is 1.62 bits per heavy atom. The third kappa shape index (κ3) is 3.34. The molecule has 6 nitrogen and oxygen atoms in total. The molecular weight excluding hydrogens is 292 g/mol. The number of aromatic nitrogens is 1. The molecule has 21 heavy (non-hydrogen) atoms. The summed E-state index contributed by atoms with van der Waals surface area (Å²) in [7, 11) is -3.06. The van der Waals surface area contributed by atoms with Crippen LogP contribution in [0.15, 0.2) is 23.5 Å². The fourth-order valence-electron chi connectivity index (χ4n) is 2.52. The van der Waals surface area contributed by atoms with Gasteiger partial charge in [0.1, 0.15) is 5.76 Å². The van der Waals surface area contributed by atoms with Gasteiger partial charge in [0.05, 0.1) is 11.5 Å². The standard InChI is InChI=1S/C14H20N2O4S/c1-4-6-16(11-5-7-21(18,19)8-11)14(17)12-13(10(2)3)20-9-15-12/h4,9-11H,1,5-8H2,2-3H3. The zero-order chi connectivity index (χ0) is 15.6.